The number of carbonyl (C=O) groups is 1. The van der Waals surface area contributed by atoms with E-state index in [4.69, 9.17) is 14.2 Å². The predicted octanol–water partition coefficient (Wildman–Crippen LogP) is 4.12. The second-order valence-corrected chi connectivity index (χ2v) is 18.2. The van der Waals surface area contributed by atoms with E-state index in [1.54, 1.807) is 5.57 Å². The number of aliphatic hydroxyl groups excluding tert-OH is 5. The minimum absolute atomic E-state index is 0.0318. The van der Waals surface area contributed by atoms with Crippen molar-refractivity contribution in [2.24, 2.45) is 50.2 Å². The van der Waals surface area contributed by atoms with Crippen molar-refractivity contribution in [1.29, 1.82) is 0 Å². The minimum atomic E-state index is -1.65. The summed E-state index contributed by atoms with van der Waals surface area (Å²) in [5.41, 5.74) is 0.968. The number of hydrogen-bond acceptors (Lipinski definition) is 9. The quantitative estimate of drug-likeness (QED) is 0.173. The van der Waals surface area contributed by atoms with Crippen LogP contribution >= 0.6 is 0 Å². The molecule has 0 bridgehead atoms. The maximum Gasteiger partial charge on any atom is 0.337 e. The minimum Gasteiger partial charge on any atom is -0.467 e. The van der Waals surface area contributed by atoms with Crippen LogP contribution in [0.1, 0.15) is 106 Å². The molecule has 46 heavy (non-hydrogen) atoms. The van der Waals surface area contributed by atoms with Gasteiger partial charge in [0.2, 0.25) is 0 Å². The summed E-state index contributed by atoms with van der Waals surface area (Å²) in [6, 6.07) is 0. The summed E-state index contributed by atoms with van der Waals surface area (Å²) in [6.45, 7) is 16.4. The van der Waals surface area contributed by atoms with Crippen molar-refractivity contribution in [2.75, 3.05) is 13.7 Å². The molecule has 1 aliphatic heterocycles. The largest absolute Gasteiger partial charge is 0.467 e. The highest BCUT2D eigenvalue weighted by Crippen LogP contribution is 2.75. The fourth-order valence-corrected chi connectivity index (χ4v) is 12.3. The topological polar surface area (TPSA) is 146 Å². The molecule has 0 spiro atoms. The van der Waals surface area contributed by atoms with Crippen LogP contribution in [0.4, 0.5) is 0 Å². The molecule has 4 saturated carbocycles. The number of rotatable bonds is 4. The third-order valence-corrected chi connectivity index (χ3v) is 15.5. The van der Waals surface area contributed by atoms with Crippen LogP contribution in [0.2, 0.25) is 0 Å². The lowest BCUT2D eigenvalue weighted by Crippen LogP contribution is -2.67. The Bertz CT molecular complexity index is 1240. The van der Waals surface area contributed by atoms with Crippen LogP contribution < -0.4 is 0 Å². The molecule has 1 heterocycles. The number of esters is 1. The third kappa shape index (κ3) is 4.68. The van der Waals surface area contributed by atoms with Crippen LogP contribution in [0.15, 0.2) is 11.6 Å². The molecule has 1 saturated heterocycles. The lowest BCUT2D eigenvalue weighted by atomic mass is 9.33. The van der Waals surface area contributed by atoms with Crippen molar-refractivity contribution in [3.8, 4) is 0 Å². The lowest BCUT2D eigenvalue weighted by molar-refractivity contribution is -0.327. The summed E-state index contributed by atoms with van der Waals surface area (Å²) in [7, 11) is 1.17. The Morgan fingerprint density at radius 1 is 0.870 bits per heavy atom. The van der Waals surface area contributed by atoms with E-state index < -0.39 is 48.2 Å². The van der Waals surface area contributed by atoms with Gasteiger partial charge >= 0.3 is 5.97 Å². The molecule has 0 radical (unpaired) electrons. The maximum atomic E-state index is 12.3. The Labute approximate surface area is 275 Å². The van der Waals surface area contributed by atoms with Gasteiger partial charge in [-0.1, -0.05) is 60.1 Å². The van der Waals surface area contributed by atoms with Crippen LogP contribution in [-0.2, 0) is 19.0 Å². The summed E-state index contributed by atoms with van der Waals surface area (Å²) in [4.78, 5) is 12.3. The Morgan fingerprint density at radius 2 is 1.57 bits per heavy atom. The van der Waals surface area contributed by atoms with E-state index >= 15 is 0 Å². The summed E-state index contributed by atoms with van der Waals surface area (Å²) >= 11 is 0. The zero-order chi connectivity index (χ0) is 33.8. The molecule has 9 heteroatoms. The van der Waals surface area contributed by atoms with Gasteiger partial charge in [-0.05, 0) is 97.2 Å². The number of hydrogen-bond donors (Lipinski definition) is 5. The number of fused-ring (bicyclic) bond motifs is 7. The van der Waals surface area contributed by atoms with Crippen molar-refractivity contribution in [3.05, 3.63) is 11.6 Å². The fraction of sp³-hybridized carbons (Fsp3) is 0.919. The fourth-order valence-electron chi connectivity index (χ4n) is 12.3. The van der Waals surface area contributed by atoms with Crippen molar-refractivity contribution in [3.63, 3.8) is 0 Å². The molecule has 5 N–H and O–H groups in total. The number of methoxy groups -OCH3 is 1. The summed E-state index contributed by atoms with van der Waals surface area (Å²) in [6.07, 6.45) is 2.60. The molecule has 5 fully saturated rings. The molecule has 15 atom stereocenters. The van der Waals surface area contributed by atoms with Gasteiger partial charge in [0.15, 0.2) is 12.4 Å². The van der Waals surface area contributed by atoms with Crippen molar-refractivity contribution in [1.82, 2.24) is 0 Å². The molecular weight excluding hydrogens is 588 g/mol. The number of ether oxygens (including phenoxy) is 3. The highest BCUT2D eigenvalue weighted by Gasteiger charge is 2.69. The first kappa shape index (κ1) is 34.8. The molecule has 5 aliphatic carbocycles. The molecule has 0 aromatic heterocycles. The van der Waals surface area contributed by atoms with Crippen molar-refractivity contribution < 1.29 is 44.5 Å². The van der Waals surface area contributed by atoms with Crippen LogP contribution in [0.3, 0.4) is 0 Å². The van der Waals surface area contributed by atoms with Crippen molar-refractivity contribution >= 4 is 5.97 Å². The second-order valence-electron chi connectivity index (χ2n) is 18.2. The van der Waals surface area contributed by atoms with E-state index in [1.807, 2.05) is 0 Å². The molecular formula is C37H60O9. The van der Waals surface area contributed by atoms with Crippen LogP contribution in [-0.4, -0.2) is 88.1 Å². The maximum absolute atomic E-state index is 12.3. The summed E-state index contributed by atoms with van der Waals surface area (Å²) in [5.74, 6) is 0.0665. The van der Waals surface area contributed by atoms with E-state index in [0.717, 1.165) is 51.4 Å². The highest BCUT2D eigenvalue weighted by atomic mass is 16.7. The molecule has 0 aromatic carbocycles. The van der Waals surface area contributed by atoms with Gasteiger partial charge in [0.25, 0.3) is 0 Å². The zero-order valence-electron chi connectivity index (χ0n) is 29.3. The number of allylic oxidation sites excluding steroid dienone is 2. The van der Waals surface area contributed by atoms with Gasteiger partial charge in [0.1, 0.15) is 18.3 Å². The van der Waals surface area contributed by atoms with Gasteiger partial charge in [0, 0.05) is 10.8 Å². The molecule has 9 nitrogen and oxygen atoms in total. The molecule has 0 aromatic rings. The van der Waals surface area contributed by atoms with Gasteiger partial charge < -0.3 is 39.7 Å². The zero-order valence-corrected chi connectivity index (χ0v) is 29.3. The van der Waals surface area contributed by atoms with Crippen LogP contribution in [0.25, 0.3) is 0 Å². The van der Waals surface area contributed by atoms with E-state index in [-0.39, 0.29) is 45.7 Å². The van der Waals surface area contributed by atoms with E-state index in [2.05, 4.69) is 54.5 Å². The molecule has 6 aliphatic rings. The third-order valence-electron chi connectivity index (χ3n) is 15.5. The van der Waals surface area contributed by atoms with Gasteiger partial charge in [0.05, 0.1) is 25.9 Å². The second kappa shape index (κ2) is 11.2. The van der Waals surface area contributed by atoms with E-state index in [1.165, 1.54) is 7.11 Å². The lowest BCUT2D eigenvalue weighted by Gasteiger charge is -2.72. The average molecular weight is 649 g/mol. The average Bonchev–Trinajstić information content (AvgIpc) is 2.99. The van der Waals surface area contributed by atoms with Gasteiger partial charge in [-0.2, -0.15) is 0 Å². The van der Waals surface area contributed by atoms with E-state index in [0.29, 0.717) is 18.3 Å². The van der Waals surface area contributed by atoms with E-state index in [9.17, 15) is 30.3 Å². The van der Waals surface area contributed by atoms with Gasteiger partial charge in [-0.25, -0.2) is 4.79 Å². The summed E-state index contributed by atoms with van der Waals surface area (Å²) in [5, 5.41) is 54.3. The number of aliphatic hydroxyl groups is 5. The SMILES string of the molecule is COC(=O)C1OC(OC2CCC3(C)C(CCC4(C)C3CC=C3C5CC(C)(C)CC(O)C5(C)CCC34C)C2(C)CO)C(O)C(O)C1O. The van der Waals surface area contributed by atoms with Gasteiger partial charge in [-0.3, -0.25) is 0 Å². The first-order chi connectivity index (χ1) is 21.3. The molecule has 15 unspecified atom stereocenters. The van der Waals surface area contributed by atoms with Crippen molar-refractivity contribution in [2.45, 2.75) is 149 Å². The number of carbonyl (C=O) groups excluding carboxylic acids is 1. The monoisotopic (exact) mass is 648 g/mol. The molecule has 0 amide bonds. The Hall–Kier alpha value is -1.07. The summed E-state index contributed by atoms with van der Waals surface area (Å²) < 4.78 is 16.9. The highest BCUT2D eigenvalue weighted by molar-refractivity contribution is 5.75. The predicted molar refractivity (Wildman–Crippen MR) is 171 cm³/mol. The Morgan fingerprint density at radius 3 is 2.22 bits per heavy atom. The normalized spacial score (nSPS) is 54.8. The Kier molecular flexibility index (Phi) is 8.49. The smallest absolute Gasteiger partial charge is 0.337 e. The first-order valence-electron chi connectivity index (χ1n) is 17.8. The molecule has 6 rings (SSSR count). The van der Waals surface area contributed by atoms with Gasteiger partial charge in [-0.15, -0.1) is 0 Å². The molecule has 262 valence electrons. The van der Waals surface area contributed by atoms with Crippen LogP contribution in [0, 0.1) is 50.2 Å². The van der Waals surface area contributed by atoms with Crippen LogP contribution in [0.5, 0.6) is 0 Å². The standard InChI is InChI=1S/C37H60O9/c1-32(2)17-21-20-9-10-23-34(4)13-12-25(45-31-28(42)26(40)27(41)29(46-31)30(43)44-8)35(5,19-38)22(34)11-14-37(23,7)36(20,6)16-15-33(21,3)24(39)18-32/h9,21-29,31,38-42H,10-19H2,1-8H3. The first-order valence-corrected chi connectivity index (χ1v) is 17.8. The Balaban J connectivity index is 1.29.